The van der Waals surface area contributed by atoms with Crippen LogP contribution in [0.1, 0.15) is 17.7 Å². The molecule has 0 fully saturated rings. The van der Waals surface area contributed by atoms with Crippen molar-refractivity contribution >= 4 is 17.3 Å². The van der Waals surface area contributed by atoms with Gasteiger partial charge in [-0.25, -0.2) is 4.68 Å². The summed E-state index contributed by atoms with van der Waals surface area (Å²) in [5.41, 5.74) is 2.43. The Balaban J connectivity index is 2.32. The fourth-order valence-electron chi connectivity index (χ4n) is 1.74. The molecule has 100 valence electrons. The van der Waals surface area contributed by atoms with E-state index in [4.69, 9.17) is 11.6 Å². The highest BCUT2D eigenvalue weighted by Gasteiger charge is 2.11. The van der Waals surface area contributed by atoms with Crippen molar-refractivity contribution in [1.82, 2.24) is 15.0 Å². The van der Waals surface area contributed by atoms with Crippen molar-refractivity contribution in [1.29, 1.82) is 0 Å². The molecule has 0 aliphatic heterocycles. The fourth-order valence-corrected chi connectivity index (χ4v) is 1.87. The molecule has 6 nitrogen and oxygen atoms in total. The third kappa shape index (κ3) is 3.08. The van der Waals surface area contributed by atoms with Crippen LogP contribution in [0.3, 0.4) is 0 Å². The average Bonchev–Trinajstić information content (AvgIpc) is 2.85. The maximum atomic E-state index is 10.8. The Morgan fingerprint density at radius 2 is 2.26 bits per heavy atom. The quantitative estimate of drug-likeness (QED) is 0.479. The summed E-state index contributed by atoms with van der Waals surface area (Å²) in [5, 5.41) is 18.8. The summed E-state index contributed by atoms with van der Waals surface area (Å²) in [5.74, 6) is 0.572. The van der Waals surface area contributed by atoms with Gasteiger partial charge in [0.2, 0.25) is 0 Å². The van der Waals surface area contributed by atoms with Gasteiger partial charge in [-0.1, -0.05) is 11.3 Å². The van der Waals surface area contributed by atoms with Gasteiger partial charge in [0.05, 0.1) is 22.5 Å². The lowest BCUT2D eigenvalue weighted by Crippen LogP contribution is -1.99. The lowest BCUT2D eigenvalue weighted by atomic mass is 10.2. The number of aromatic nitrogens is 3. The zero-order chi connectivity index (χ0) is 13.8. The SMILES string of the molecule is Cc1ccc([N+](=O)[O-])cc1-n1cc(CCCCl)nn1. The minimum Gasteiger partial charge on any atom is -0.258 e. The van der Waals surface area contributed by atoms with Crippen LogP contribution in [0.15, 0.2) is 24.4 Å². The van der Waals surface area contributed by atoms with Gasteiger partial charge in [0.25, 0.3) is 5.69 Å². The first-order valence-corrected chi connectivity index (χ1v) is 6.38. The van der Waals surface area contributed by atoms with E-state index in [2.05, 4.69) is 10.3 Å². The number of hydrogen-bond donors (Lipinski definition) is 0. The maximum Gasteiger partial charge on any atom is 0.271 e. The molecule has 1 heterocycles. The fraction of sp³-hybridized carbons (Fsp3) is 0.333. The first kappa shape index (κ1) is 13.5. The molecule has 0 saturated carbocycles. The van der Waals surface area contributed by atoms with E-state index >= 15 is 0 Å². The van der Waals surface area contributed by atoms with Gasteiger partial charge in [0.15, 0.2) is 0 Å². The summed E-state index contributed by atoms with van der Waals surface area (Å²) < 4.78 is 1.56. The molecule has 0 spiro atoms. The molecular formula is C12H13ClN4O2. The van der Waals surface area contributed by atoms with Crippen LogP contribution in [0.25, 0.3) is 5.69 Å². The Hall–Kier alpha value is -1.95. The summed E-state index contributed by atoms with van der Waals surface area (Å²) in [6.45, 7) is 1.87. The monoisotopic (exact) mass is 280 g/mol. The van der Waals surface area contributed by atoms with Gasteiger partial charge in [0.1, 0.15) is 0 Å². The minimum absolute atomic E-state index is 0.0402. The third-order valence-corrected chi connectivity index (χ3v) is 3.03. The molecule has 0 aliphatic carbocycles. The van der Waals surface area contributed by atoms with Gasteiger partial charge in [-0.15, -0.1) is 16.7 Å². The van der Waals surface area contributed by atoms with Gasteiger partial charge in [0, 0.05) is 18.0 Å². The van der Waals surface area contributed by atoms with E-state index in [9.17, 15) is 10.1 Å². The Kier molecular flexibility index (Phi) is 4.11. The van der Waals surface area contributed by atoms with Gasteiger partial charge < -0.3 is 0 Å². The Morgan fingerprint density at radius 1 is 1.47 bits per heavy atom. The number of nitro groups is 1. The van der Waals surface area contributed by atoms with Gasteiger partial charge in [-0.05, 0) is 25.3 Å². The molecular weight excluding hydrogens is 268 g/mol. The average molecular weight is 281 g/mol. The maximum absolute atomic E-state index is 10.8. The number of nitrogens with zero attached hydrogens (tertiary/aromatic N) is 4. The van der Waals surface area contributed by atoms with Gasteiger partial charge in [-0.2, -0.15) is 0 Å². The van der Waals surface area contributed by atoms with Crippen molar-refractivity contribution in [2.75, 3.05) is 5.88 Å². The minimum atomic E-state index is -0.422. The zero-order valence-corrected chi connectivity index (χ0v) is 11.2. The van der Waals surface area contributed by atoms with Crippen LogP contribution < -0.4 is 0 Å². The zero-order valence-electron chi connectivity index (χ0n) is 10.4. The number of rotatable bonds is 5. The van der Waals surface area contributed by atoms with Crippen molar-refractivity contribution < 1.29 is 4.92 Å². The molecule has 0 bridgehead atoms. The number of non-ortho nitro benzene ring substituents is 1. The first-order valence-electron chi connectivity index (χ1n) is 5.84. The Labute approximate surface area is 115 Å². The molecule has 0 amide bonds. The highest BCUT2D eigenvalue weighted by atomic mass is 35.5. The van der Waals surface area contributed by atoms with E-state index in [1.54, 1.807) is 16.9 Å². The van der Waals surface area contributed by atoms with E-state index in [1.165, 1.54) is 12.1 Å². The molecule has 2 rings (SSSR count). The number of halogens is 1. The molecule has 7 heteroatoms. The second-order valence-electron chi connectivity index (χ2n) is 4.17. The van der Waals surface area contributed by atoms with Crippen LogP contribution >= 0.6 is 11.6 Å². The van der Waals surface area contributed by atoms with Gasteiger partial charge >= 0.3 is 0 Å². The highest BCUT2D eigenvalue weighted by Crippen LogP contribution is 2.20. The molecule has 2 aromatic rings. The van der Waals surface area contributed by atoms with Gasteiger partial charge in [-0.3, -0.25) is 10.1 Å². The topological polar surface area (TPSA) is 73.8 Å². The van der Waals surface area contributed by atoms with Crippen LogP contribution in [0.5, 0.6) is 0 Å². The number of benzene rings is 1. The largest absolute Gasteiger partial charge is 0.271 e. The second kappa shape index (κ2) is 5.79. The van der Waals surface area contributed by atoms with Crippen LogP contribution in [0.2, 0.25) is 0 Å². The standard InChI is InChI=1S/C12H13ClN4O2/c1-9-4-5-11(17(18)19)7-12(9)16-8-10(14-15-16)3-2-6-13/h4-5,7-8H,2-3,6H2,1H3. The lowest BCUT2D eigenvalue weighted by Gasteiger charge is -2.04. The van der Waals surface area contributed by atoms with E-state index in [1.807, 2.05) is 6.92 Å². The molecule has 0 saturated heterocycles. The molecule has 19 heavy (non-hydrogen) atoms. The number of aryl methyl sites for hydroxylation is 2. The summed E-state index contributed by atoms with van der Waals surface area (Å²) in [6, 6.07) is 4.67. The smallest absolute Gasteiger partial charge is 0.258 e. The molecule has 0 atom stereocenters. The van der Waals surface area contributed by atoms with Crippen LogP contribution in [-0.4, -0.2) is 25.8 Å². The molecule has 0 radical (unpaired) electrons. The van der Waals surface area contributed by atoms with Crippen molar-refractivity contribution in [3.05, 3.63) is 45.8 Å². The Morgan fingerprint density at radius 3 is 2.95 bits per heavy atom. The second-order valence-corrected chi connectivity index (χ2v) is 4.55. The summed E-state index contributed by atoms with van der Waals surface area (Å²) in [4.78, 5) is 10.4. The number of nitro benzene ring substituents is 1. The number of alkyl halides is 1. The normalized spacial score (nSPS) is 10.6. The number of hydrogen-bond acceptors (Lipinski definition) is 4. The molecule has 1 aromatic carbocycles. The van der Waals surface area contributed by atoms with Crippen LogP contribution in [0, 0.1) is 17.0 Å². The highest BCUT2D eigenvalue weighted by molar-refractivity contribution is 6.17. The summed E-state index contributed by atoms with van der Waals surface area (Å²) >= 11 is 5.63. The lowest BCUT2D eigenvalue weighted by molar-refractivity contribution is -0.384. The van der Waals surface area contributed by atoms with E-state index in [-0.39, 0.29) is 5.69 Å². The first-order chi connectivity index (χ1) is 9.11. The molecule has 1 aromatic heterocycles. The summed E-state index contributed by atoms with van der Waals surface area (Å²) in [6.07, 6.45) is 3.35. The van der Waals surface area contributed by atoms with Crippen molar-refractivity contribution in [2.45, 2.75) is 19.8 Å². The van der Waals surface area contributed by atoms with Crippen LogP contribution in [0.4, 0.5) is 5.69 Å². The van der Waals surface area contributed by atoms with E-state index in [0.29, 0.717) is 11.6 Å². The Bertz CT molecular complexity index is 597. The summed E-state index contributed by atoms with van der Waals surface area (Å²) in [7, 11) is 0. The molecule has 0 N–H and O–H groups in total. The molecule has 0 unspecified atom stereocenters. The van der Waals surface area contributed by atoms with E-state index < -0.39 is 4.92 Å². The van der Waals surface area contributed by atoms with Crippen molar-refractivity contribution in [3.63, 3.8) is 0 Å². The predicted octanol–water partition coefficient (Wildman–Crippen LogP) is 2.66. The van der Waals surface area contributed by atoms with E-state index in [0.717, 1.165) is 24.1 Å². The third-order valence-electron chi connectivity index (χ3n) is 2.76. The molecule has 0 aliphatic rings. The van der Waals surface area contributed by atoms with Crippen LogP contribution in [-0.2, 0) is 6.42 Å². The van der Waals surface area contributed by atoms with Crippen molar-refractivity contribution in [3.8, 4) is 5.69 Å². The van der Waals surface area contributed by atoms with Crippen molar-refractivity contribution in [2.24, 2.45) is 0 Å². The predicted molar refractivity (Wildman–Crippen MR) is 71.8 cm³/mol.